The Labute approximate surface area is 152 Å². The van der Waals surface area contributed by atoms with Crippen molar-refractivity contribution >= 4 is 46.4 Å². The molecule has 1 aromatic heterocycles. The number of carbonyl (C=O) groups excluding carboxylic acids is 1. The lowest BCUT2D eigenvalue weighted by atomic mass is 10.3. The maximum absolute atomic E-state index is 12.0. The number of aromatic nitrogens is 1. The van der Waals surface area contributed by atoms with Gasteiger partial charge in [0.15, 0.2) is 11.8 Å². The van der Waals surface area contributed by atoms with Gasteiger partial charge in [0.2, 0.25) is 0 Å². The lowest BCUT2D eigenvalue weighted by Gasteiger charge is -2.15. The molecule has 0 aliphatic carbocycles. The van der Waals surface area contributed by atoms with E-state index in [4.69, 9.17) is 33.0 Å². The van der Waals surface area contributed by atoms with E-state index < -0.39 is 12.1 Å². The van der Waals surface area contributed by atoms with E-state index in [1.54, 1.807) is 25.1 Å². The highest BCUT2D eigenvalue weighted by atomic mass is 35.5. The van der Waals surface area contributed by atoms with Gasteiger partial charge in [-0.2, -0.15) is 0 Å². The molecule has 0 fully saturated rings. The summed E-state index contributed by atoms with van der Waals surface area (Å²) in [7, 11) is 0. The van der Waals surface area contributed by atoms with Crippen LogP contribution in [0.1, 0.15) is 22.4 Å². The molecule has 2 N–H and O–H groups in total. The predicted molar refractivity (Wildman–Crippen MR) is 92.3 cm³/mol. The van der Waals surface area contributed by atoms with E-state index in [9.17, 15) is 9.59 Å². The fourth-order valence-electron chi connectivity index (χ4n) is 1.81. The summed E-state index contributed by atoms with van der Waals surface area (Å²) >= 11 is 13.0. The maximum Gasteiger partial charge on any atom is 0.355 e. The van der Waals surface area contributed by atoms with Gasteiger partial charge in [0.05, 0.1) is 5.01 Å². The number of hydrogen-bond acceptors (Lipinski definition) is 5. The van der Waals surface area contributed by atoms with Crippen LogP contribution in [-0.4, -0.2) is 34.6 Å². The molecule has 1 atom stereocenters. The second-order valence-corrected chi connectivity index (χ2v) is 6.65. The third-order valence-electron chi connectivity index (χ3n) is 2.93. The van der Waals surface area contributed by atoms with Crippen LogP contribution in [0, 0.1) is 0 Å². The van der Waals surface area contributed by atoms with E-state index in [1.165, 1.54) is 16.7 Å². The highest BCUT2D eigenvalue weighted by Crippen LogP contribution is 2.24. The van der Waals surface area contributed by atoms with Crippen LogP contribution in [0.25, 0.3) is 0 Å². The number of aromatic carboxylic acids is 1. The molecule has 9 heteroatoms. The minimum absolute atomic E-state index is 0.0101. The molecule has 0 saturated carbocycles. The molecule has 128 valence electrons. The molecule has 0 spiro atoms. The van der Waals surface area contributed by atoms with Gasteiger partial charge in [0.1, 0.15) is 5.75 Å². The number of rotatable bonds is 7. The third-order valence-corrected chi connectivity index (χ3v) is 4.27. The standard InChI is InChI=1S/C15H14Cl2N2O4S/c1-8(23-11-5-9(16)4-10(17)6-11)14(20)18-3-2-13-19-12(7-24-13)15(21)22/h4-8H,2-3H2,1H3,(H,18,20)(H,21,22). The van der Waals surface area contributed by atoms with Crippen LogP contribution in [0.15, 0.2) is 23.6 Å². The van der Waals surface area contributed by atoms with Crippen LogP contribution < -0.4 is 10.1 Å². The molecule has 1 heterocycles. The molecule has 1 unspecified atom stereocenters. The van der Waals surface area contributed by atoms with Crippen LogP contribution in [0.2, 0.25) is 10.0 Å². The summed E-state index contributed by atoms with van der Waals surface area (Å²) in [6.07, 6.45) is -0.287. The van der Waals surface area contributed by atoms with Crippen LogP contribution >= 0.6 is 34.5 Å². The molecule has 2 aromatic rings. The zero-order valence-corrected chi connectivity index (χ0v) is 14.9. The number of carboxylic acids is 1. The van der Waals surface area contributed by atoms with Gasteiger partial charge in [-0.3, -0.25) is 4.79 Å². The Hall–Kier alpha value is -1.83. The summed E-state index contributed by atoms with van der Waals surface area (Å²) < 4.78 is 5.50. The first kappa shape index (κ1) is 18.5. The summed E-state index contributed by atoms with van der Waals surface area (Å²) in [6, 6.07) is 4.71. The number of ether oxygens (including phenoxy) is 1. The van der Waals surface area contributed by atoms with Crippen molar-refractivity contribution in [2.45, 2.75) is 19.4 Å². The molecule has 0 aliphatic rings. The van der Waals surface area contributed by atoms with E-state index in [-0.39, 0.29) is 11.6 Å². The van der Waals surface area contributed by atoms with Crippen LogP contribution in [0.5, 0.6) is 5.75 Å². The SMILES string of the molecule is CC(Oc1cc(Cl)cc(Cl)c1)C(=O)NCCc1nc(C(=O)O)cs1. The number of nitrogens with one attached hydrogen (secondary N) is 1. The first-order chi connectivity index (χ1) is 11.3. The van der Waals surface area contributed by atoms with Crippen molar-refractivity contribution in [1.29, 1.82) is 0 Å². The lowest BCUT2D eigenvalue weighted by molar-refractivity contribution is -0.127. The number of carbonyl (C=O) groups is 2. The van der Waals surface area contributed by atoms with Crippen molar-refractivity contribution in [3.63, 3.8) is 0 Å². The highest BCUT2D eigenvalue weighted by Gasteiger charge is 2.15. The molecule has 0 radical (unpaired) electrons. The molecular formula is C15H14Cl2N2O4S. The van der Waals surface area contributed by atoms with Gasteiger partial charge in [-0.1, -0.05) is 23.2 Å². The average molecular weight is 389 g/mol. The van der Waals surface area contributed by atoms with Gasteiger partial charge in [-0.25, -0.2) is 9.78 Å². The monoisotopic (exact) mass is 388 g/mol. The number of nitrogens with zero attached hydrogens (tertiary/aromatic N) is 1. The molecule has 24 heavy (non-hydrogen) atoms. The first-order valence-electron chi connectivity index (χ1n) is 6.93. The lowest BCUT2D eigenvalue weighted by Crippen LogP contribution is -2.37. The second kappa shape index (κ2) is 8.32. The fourth-order valence-corrected chi connectivity index (χ4v) is 3.09. The van der Waals surface area contributed by atoms with Gasteiger partial charge in [-0.05, 0) is 25.1 Å². The summed E-state index contributed by atoms with van der Waals surface area (Å²) in [5.74, 6) is -0.967. The zero-order chi connectivity index (χ0) is 17.7. The summed E-state index contributed by atoms with van der Waals surface area (Å²) in [5, 5.41) is 14.5. The largest absolute Gasteiger partial charge is 0.481 e. The molecule has 2 rings (SSSR count). The van der Waals surface area contributed by atoms with Crippen LogP contribution in [0.3, 0.4) is 0 Å². The Kier molecular flexibility index (Phi) is 6.42. The maximum atomic E-state index is 12.0. The third kappa shape index (κ3) is 5.36. The smallest absolute Gasteiger partial charge is 0.355 e. The molecular weight excluding hydrogens is 375 g/mol. The Balaban J connectivity index is 1.81. The Bertz CT molecular complexity index is 731. The van der Waals surface area contributed by atoms with Gasteiger partial charge in [0, 0.05) is 28.4 Å². The number of benzene rings is 1. The average Bonchev–Trinajstić information content (AvgIpc) is 2.95. The highest BCUT2D eigenvalue weighted by molar-refractivity contribution is 7.09. The summed E-state index contributed by atoms with van der Waals surface area (Å²) in [6.45, 7) is 1.94. The van der Waals surface area contributed by atoms with Gasteiger partial charge in [-0.15, -0.1) is 11.3 Å². The summed E-state index contributed by atoms with van der Waals surface area (Å²) in [4.78, 5) is 26.7. The van der Waals surface area contributed by atoms with E-state index in [0.717, 1.165) is 0 Å². The second-order valence-electron chi connectivity index (χ2n) is 4.84. The first-order valence-corrected chi connectivity index (χ1v) is 8.57. The van der Waals surface area contributed by atoms with E-state index in [1.807, 2.05) is 0 Å². The molecule has 6 nitrogen and oxygen atoms in total. The molecule has 0 bridgehead atoms. The predicted octanol–water partition coefficient (Wildman–Crippen LogP) is 3.27. The van der Waals surface area contributed by atoms with Crippen molar-refractivity contribution in [2.24, 2.45) is 0 Å². The Morgan fingerprint density at radius 3 is 2.58 bits per heavy atom. The molecule has 1 amide bonds. The van der Waals surface area contributed by atoms with Crippen molar-refractivity contribution in [2.75, 3.05) is 6.54 Å². The van der Waals surface area contributed by atoms with Gasteiger partial charge < -0.3 is 15.2 Å². The number of halogens is 2. The summed E-state index contributed by atoms with van der Waals surface area (Å²) in [5.41, 5.74) is 0.0101. The minimum Gasteiger partial charge on any atom is -0.481 e. The number of carboxylic acid groups (broad SMARTS) is 1. The number of thiazole rings is 1. The normalized spacial score (nSPS) is 11.8. The fraction of sp³-hybridized carbons (Fsp3) is 0.267. The van der Waals surface area contributed by atoms with Crippen molar-refractivity contribution in [1.82, 2.24) is 10.3 Å². The Morgan fingerprint density at radius 1 is 1.33 bits per heavy atom. The molecule has 0 saturated heterocycles. The number of hydrogen-bond donors (Lipinski definition) is 2. The quantitative estimate of drug-likeness (QED) is 0.759. The van der Waals surface area contributed by atoms with E-state index in [0.29, 0.717) is 33.8 Å². The van der Waals surface area contributed by atoms with E-state index in [2.05, 4.69) is 10.3 Å². The van der Waals surface area contributed by atoms with Crippen molar-refractivity contribution in [3.8, 4) is 5.75 Å². The van der Waals surface area contributed by atoms with Gasteiger partial charge in [0.25, 0.3) is 5.91 Å². The number of amides is 1. The van der Waals surface area contributed by atoms with Crippen molar-refractivity contribution < 1.29 is 19.4 Å². The van der Waals surface area contributed by atoms with Crippen molar-refractivity contribution in [3.05, 3.63) is 44.3 Å². The molecule has 0 aliphatic heterocycles. The Morgan fingerprint density at radius 2 is 2.00 bits per heavy atom. The van der Waals surface area contributed by atoms with Gasteiger partial charge >= 0.3 is 5.97 Å². The zero-order valence-electron chi connectivity index (χ0n) is 12.6. The topological polar surface area (TPSA) is 88.5 Å². The van der Waals surface area contributed by atoms with Crippen LogP contribution in [0.4, 0.5) is 0 Å². The molecule has 1 aromatic carbocycles. The van der Waals surface area contributed by atoms with Crippen LogP contribution in [-0.2, 0) is 11.2 Å². The minimum atomic E-state index is -1.07. The van der Waals surface area contributed by atoms with E-state index >= 15 is 0 Å².